The molecule has 2 aromatic carbocycles. The maximum absolute atomic E-state index is 12.3. The number of unbranched alkanes of at least 4 members (excludes halogenated alkanes) is 2. The molecule has 39 heavy (non-hydrogen) atoms. The second-order valence-corrected chi connectivity index (χ2v) is 14.0. The van der Waals surface area contributed by atoms with Crippen LogP contribution in [-0.2, 0) is 36.0 Å². The van der Waals surface area contributed by atoms with Gasteiger partial charge in [-0.15, -0.1) is 0 Å². The number of hydrogen-bond donors (Lipinski definition) is 0. The Labute approximate surface area is 232 Å². The molecule has 0 N–H and O–H groups in total. The molecule has 0 saturated carbocycles. The predicted molar refractivity (Wildman–Crippen MR) is 154 cm³/mol. The van der Waals surface area contributed by atoms with Crippen LogP contribution in [0.3, 0.4) is 0 Å². The molecule has 0 fully saturated rings. The first kappa shape index (κ1) is 32.2. The van der Waals surface area contributed by atoms with Crippen LogP contribution in [0.1, 0.15) is 57.6 Å². The van der Waals surface area contributed by atoms with Gasteiger partial charge in [0.1, 0.15) is 17.1 Å². The number of anilines is 1. The van der Waals surface area contributed by atoms with Crippen LogP contribution < -0.4 is 13.2 Å². The number of carbonyl (C=O) groups excluding carboxylic acids is 1. The van der Waals surface area contributed by atoms with Crippen LogP contribution in [0, 0.1) is 0 Å². The summed E-state index contributed by atoms with van der Waals surface area (Å²) in [6.45, 7) is 5.70. The van der Waals surface area contributed by atoms with E-state index in [1.807, 2.05) is 30.3 Å². The number of methoxy groups -OCH3 is 1. The van der Waals surface area contributed by atoms with E-state index in [0.29, 0.717) is 21.6 Å². The minimum Gasteiger partial charge on any atom is -0.497 e. The Kier molecular flexibility index (Phi) is 11.4. The molecule has 0 aromatic heterocycles. The van der Waals surface area contributed by atoms with Crippen molar-refractivity contribution in [1.29, 1.82) is 0 Å². The Morgan fingerprint density at radius 1 is 0.949 bits per heavy atom. The molecule has 0 aliphatic heterocycles. The first-order chi connectivity index (χ1) is 18.1. The minimum absolute atomic E-state index is 0.0188. The third kappa shape index (κ3) is 11.3. The van der Waals surface area contributed by atoms with Gasteiger partial charge in [0.05, 0.1) is 31.9 Å². The van der Waals surface area contributed by atoms with Crippen molar-refractivity contribution in [3.8, 4) is 11.5 Å². The maximum atomic E-state index is 12.3. The molecule has 216 valence electrons. The summed E-state index contributed by atoms with van der Waals surface area (Å²) in [6.07, 6.45) is 8.49. The molecule has 2 rings (SSSR count). The summed E-state index contributed by atoms with van der Waals surface area (Å²) in [5, 5.41) is 0. The fourth-order valence-corrected chi connectivity index (χ4v) is 6.72. The van der Waals surface area contributed by atoms with E-state index >= 15 is 0 Å². The van der Waals surface area contributed by atoms with Crippen molar-refractivity contribution in [2.24, 2.45) is 0 Å². The highest BCUT2D eigenvalue weighted by Gasteiger charge is 2.28. The monoisotopic (exact) mass is 581 g/mol. The summed E-state index contributed by atoms with van der Waals surface area (Å²) in [4.78, 5) is 12.3. The molecule has 0 atom stereocenters. The maximum Gasteiger partial charge on any atom is 0.306 e. The van der Waals surface area contributed by atoms with Crippen molar-refractivity contribution in [3.63, 3.8) is 0 Å². The third-order valence-corrected chi connectivity index (χ3v) is 8.58. The molecule has 0 unspecified atom stereocenters. The molecule has 11 heteroatoms. The van der Waals surface area contributed by atoms with Crippen LogP contribution in [0.15, 0.2) is 48.5 Å². The van der Waals surface area contributed by atoms with E-state index in [2.05, 4.69) is 6.08 Å². The average molecular weight is 582 g/mol. The lowest BCUT2D eigenvalue weighted by molar-refractivity contribution is -0.154. The number of sulfonamides is 2. The first-order valence-corrected chi connectivity index (χ1v) is 16.3. The van der Waals surface area contributed by atoms with Gasteiger partial charge in [-0.1, -0.05) is 24.3 Å². The van der Waals surface area contributed by atoms with E-state index in [9.17, 15) is 21.6 Å². The quantitative estimate of drug-likeness (QED) is 0.227. The Hall–Kier alpha value is -3.05. The molecule has 0 saturated heterocycles. The van der Waals surface area contributed by atoms with Crippen molar-refractivity contribution in [3.05, 3.63) is 59.7 Å². The number of carbonyl (C=O) groups is 1. The summed E-state index contributed by atoms with van der Waals surface area (Å²) >= 11 is 0. The number of hydrogen-bond acceptors (Lipinski definition) is 8. The standard InChI is InChI=1S/C28H39NO8S2/c1-28(2,3)37-27(30)19-14-23-21-24(29(38(5,31)32)39(6,33)34)15-18-26(23)36-20-10-8-7-9-11-22-12-16-25(35-4)17-13-22/h9,11-13,15-18,21H,7-8,10,14,19-20H2,1-6H3/b11-9+. The molecule has 0 aliphatic carbocycles. The van der Waals surface area contributed by atoms with E-state index in [0.717, 1.165) is 43.1 Å². The lowest BCUT2D eigenvalue weighted by Gasteiger charge is -2.22. The second kappa shape index (κ2) is 13.8. The summed E-state index contributed by atoms with van der Waals surface area (Å²) in [7, 11) is -6.60. The van der Waals surface area contributed by atoms with E-state index in [1.54, 1.807) is 27.9 Å². The van der Waals surface area contributed by atoms with Crippen molar-refractivity contribution >= 4 is 37.8 Å². The second-order valence-electron chi connectivity index (χ2n) is 10.1. The number of rotatable bonds is 14. The highest BCUT2D eigenvalue weighted by Crippen LogP contribution is 2.30. The number of esters is 1. The molecule has 0 amide bonds. The molecule has 2 aromatic rings. The van der Waals surface area contributed by atoms with Gasteiger partial charge in [0.15, 0.2) is 0 Å². The van der Waals surface area contributed by atoms with Gasteiger partial charge in [0.25, 0.3) is 0 Å². The van der Waals surface area contributed by atoms with E-state index in [4.69, 9.17) is 14.2 Å². The van der Waals surface area contributed by atoms with Gasteiger partial charge in [-0.25, -0.2) is 16.8 Å². The van der Waals surface area contributed by atoms with Gasteiger partial charge in [-0.05, 0) is 87.9 Å². The van der Waals surface area contributed by atoms with Crippen molar-refractivity contribution < 1.29 is 35.8 Å². The van der Waals surface area contributed by atoms with Crippen molar-refractivity contribution in [1.82, 2.24) is 0 Å². The zero-order valence-electron chi connectivity index (χ0n) is 23.5. The van der Waals surface area contributed by atoms with Crippen LogP contribution in [-0.4, -0.2) is 54.6 Å². The molecule has 0 radical (unpaired) electrons. The van der Waals surface area contributed by atoms with E-state index in [-0.39, 0.29) is 18.5 Å². The van der Waals surface area contributed by atoms with Crippen LogP contribution >= 0.6 is 0 Å². The van der Waals surface area contributed by atoms with E-state index < -0.39 is 31.6 Å². The zero-order valence-corrected chi connectivity index (χ0v) is 25.1. The van der Waals surface area contributed by atoms with Gasteiger partial charge in [-0.3, -0.25) is 4.79 Å². The highest BCUT2D eigenvalue weighted by molar-refractivity contribution is 8.09. The van der Waals surface area contributed by atoms with Gasteiger partial charge in [0, 0.05) is 6.42 Å². The van der Waals surface area contributed by atoms with Crippen LogP contribution in [0.4, 0.5) is 5.69 Å². The van der Waals surface area contributed by atoms with Gasteiger partial charge in [-0.2, -0.15) is 3.71 Å². The van der Waals surface area contributed by atoms with Gasteiger partial charge in [0.2, 0.25) is 20.0 Å². The fraction of sp³-hybridized carbons (Fsp3) is 0.464. The number of nitrogens with zero attached hydrogens (tertiary/aromatic N) is 1. The predicted octanol–water partition coefficient (Wildman–Crippen LogP) is 4.96. The molecular formula is C28H39NO8S2. The molecular weight excluding hydrogens is 542 g/mol. The van der Waals surface area contributed by atoms with Crippen LogP contribution in [0.2, 0.25) is 0 Å². The van der Waals surface area contributed by atoms with Gasteiger partial charge >= 0.3 is 5.97 Å². The normalized spacial score (nSPS) is 12.4. The fourth-order valence-electron chi connectivity index (χ4n) is 3.75. The van der Waals surface area contributed by atoms with Gasteiger partial charge < -0.3 is 14.2 Å². The summed E-state index contributed by atoms with van der Waals surface area (Å²) in [5.41, 5.74) is 0.896. The largest absolute Gasteiger partial charge is 0.497 e. The third-order valence-electron chi connectivity index (χ3n) is 5.32. The molecule has 0 heterocycles. The van der Waals surface area contributed by atoms with Crippen LogP contribution in [0.5, 0.6) is 11.5 Å². The summed E-state index contributed by atoms with van der Waals surface area (Å²) in [6, 6.07) is 12.1. The zero-order chi connectivity index (χ0) is 29.3. The Morgan fingerprint density at radius 2 is 1.59 bits per heavy atom. The van der Waals surface area contributed by atoms with Crippen molar-refractivity contribution in [2.45, 2.75) is 58.5 Å². The number of ether oxygens (including phenoxy) is 3. The molecule has 0 bridgehead atoms. The SMILES string of the molecule is COc1ccc(/C=C/CCCCOc2ccc(N(S(C)(=O)=O)S(C)(=O)=O)cc2CCC(=O)OC(C)(C)C)cc1. The lowest BCUT2D eigenvalue weighted by Crippen LogP contribution is -2.35. The topological polar surface area (TPSA) is 116 Å². The van der Waals surface area contributed by atoms with Crippen molar-refractivity contribution in [2.75, 3.05) is 29.9 Å². The summed E-state index contributed by atoms with van der Waals surface area (Å²) < 4.78 is 65.8. The Bertz CT molecular complexity index is 1310. The summed E-state index contributed by atoms with van der Waals surface area (Å²) in [5.74, 6) is 0.840. The Morgan fingerprint density at radius 3 is 2.15 bits per heavy atom. The molecule has 0 spiro atoms. The average Bonchev–Trinajstić information content (AvgIpc) is 2.80. The molecule has 9 nitrogen and oxygen atoms in total. The lowest BCUT2D eigenvalue weighted by atomic mass is 10.1. The molecule has 0 aliphatic rings. The number of benzene rings is 2. The minimum atomic E-state index is -4.11. The number of aryl methyl sites for hydroxylation is 1. The van der Waals surface area contributed by atoms with Crippen LogP contribution in [0.25, 0.3) is 6.08 Å². The Balaban J connectivity index is 2.09. The van der Waals surface area contributed by atoms with E-state index in [1.165, 1.54) is 18.2 Å². The smallest absolute Gasteiger partial charge is 0.306 e. The number of allylic oxidation sites excluding steroid dienone is 1. The highest BCUT2D eigenvalue weighted by atomic mass is 32.3. The first-order valence-electron chi connectivity index (χ1n) is 12.6.